The maximum Gasteiger partial charge on any atom is 0.251 e. The van der Waals surface area contributed by atoms with Crippen LogP contribution in [0.2, 0.25) is 0 Å². The van der Waals surface area contributed by atoms with Gasteiger partial charge in [-0.15, -0.1) is 6.42 Å². The highest BCUT2D eigenvalue weighted by Crippen LogP contribution is 2.22. The number of halogens is 1. The molecular formula is C26H22BrN3O3. The van der Waals surface area contributed by atoms with Crippen molar-refractivity contribution in [1.82, 2.24) is 10.7 Å². The average Bonchev–Trinajstić information content (AvgIpc) is 2.84. The molecule has 0 aromatic heterocycles. The lowest BCUT2D eigenvalue weighted by atomic mass is 10.0. The molecule has 0 aliphatic carbocycles. The zero-order valence-corrected chi connectivity index (χ0v) is 19.3. The zero-order valence-electron chi connectivity index (χ0n) is 17.7. The van der Waals surface area contributed by atoms with Gasteiger partial charge >= 0.3 is 0 Å². The van der Waals surface area contributed by atoms with Gasteiger partial charge in [0.1, 0.15) is 12.4 Å². The third-order valence-corrected chi connectivity index (χ3v) is 5.10. The first-order chi connectivity index (χ1) is 16.1. The first-order valence-electron chi connectivity index (χ1n) is 10.2. The molecule has 0 bridgehead atoms. The minimum atomic E-state index is -0.519. The van der Waals surface area contributed by atoms with Gasteiger partial charge in [-0.1, -0.05) is 70.4 Å². The van der Waals surface area contributed by atoms with Crippen molar-refractivity contribution in [3.8, 4) is 18.1 Å². The molecule has 3 aromatic rings. The lowest BCUT2D eigenvalue weighted by molar-refractivity contribution is -0.121. The Hall–Kier alpha value is -3.89. The summed E-state index contributed by atoms with van der Waals surface area (Å²) < 4.78 is 6.33. The minimum Gasteiger partial charge on any atom is -0.480 e. The summed E-state index contributed by atoms with van der Waals surface area (Å²) in [5.74, 6) is 2.35. The van der Waals surface area contributed by atoms with Crippen LogP contribution in [-0.4, -0.2) is 24.6 Å². The molecule has 0 heterocycles. The molecule has 0 unspecified atom stereocenters. The molecule has 0 saturated heterocycles. The van der Waals surface area contributed by atoms with Gasteiger partial charge in [-0.3, -0.25) is 9.59 Å². The van der Waals surface area contributed by atoms with Crippen molar-refractivity contribution in [2.24, 2.45) is 5.10 Å². The Labute approximate surface area is 201 Å². The number of benzene rings is 3. The molecule has 0 fully saturated rings. The van der Waals surface area contributed by atoms with Gasteiger partial charge in [0.2, 0.25) is 5.91 Å². The normalized spacial score (nSPS) is 11.4. The number of amides is 2. The number of carbonyl (C=O) groups excluding carboxylic acids is 2. The molecule has 166 valence electrons. The summed E-state index contributed by atoms with van der Waals surface area (Å²) >= 11 is 3.40. The van der Waals surface area contributed by atoms with E-state index in [2.05, 4.69) is 37.7 Å². The maximum atomic E-state index is 12.7. The second-order valence-electron chi connectivity index (χ2n) is 6.98. The van der Waals surface area contributed by atoms with E-state index in [0.717, 1.165) is 10.0 Å². The van der Waals surface area contributed by atoms with E-state index in [1.54, 1.807) is 36.4 Å². The van der Waals surface area contributed by atoms with Gasteiger partial charge in [0.05, 0.1) is 18.7 Å². The number of rotatable bonds is 9. The van der Waals surface area contributed by atoms with Crippen molar-refractivity contribution in [3.05, 3.63) is 100 Å². The molecule has 2 amide bonds. The van der Waals surface area contributed by atoms with E-state index in [0.29, 0.717) is 16.9 Å². The molecule has 6 nitrogen and oxygen atoms in total. The van der Waals surface area contributed by atoms with Crippen molar-refractivity contribution >= 4 is 34.0 Å². The topological polar surface area (TPSA) is 79.8 Å². The summed E-state index contributed by atoms with van der Waals surface area (Å²) in [6.45, 7) is 0.120. The number of terminal acetylenes is 1. The standard InChI is InChI=1S/C26H22BrN3O3/c1-2-15-33-24-14-13-22(27)16-21(24)18-28-30-25(31)17-23(19-9-5-3-6-10-19)29-26(32)20-11-7-4-8-12-20/h1,3-14,16,18,23H,15,17H2,(H,29,32)(H,30,31)/b28-18-/t23-/m0/s1. The Morgan fingerprint density at radius 2 is 1.76 bits per heavy atom. The van der Waals surface area contributed by atoms with Gasteiger partial charge < -0.3 is 10.1 Å². The van der Waals surface area contributed by atoms with Crippen LogP contribution in [0.3, 0.4) is 0 Å². The summed E-state index contributed by atoms with van der Waals surface area (Å²) in [5.41, 5.74) is 4.50. The first-order valence-corrected chi connectivity index (χ1v) is 10.9. The van der Waals surface area contributed by atoms with Crippen molar-refractivity contribution in [1.29, 1.82) is 0 Å². The van der Waals surface area contributed by atoms with Gasteiger partial charge in [-0.2, -0.15) is 5.10 Å². The quantitative estimate of drug-likeness (QED) is 0.256. The molecule has 0 spiro atoms. The second kappa shape index (κ2) is 12.2. The molecule has 1 atom stereocenters. The highest BCUT2D eigenvalue weighted by Gasteiger charge is 2.19. The van der Waals surface area contributed by atoms with E-state index in [4.69, 9.17) is 11.2 Å². The van der Waals surface area contributed by atoms with Crippen LogP contribution in [0.15, 0.2) is 88.4 Å². The summed E-state index contributed by atoms with van der Waals surface area (Å²) in [6.07, 6.45) is 6.75. The number of nitrogens with zero attached hydrogens (tertiary/aromatic N) is 1. The highest BCUT2D eigenvalue weighted by atomic mass is 79.9. The summed E-state index contributed by atoms with van der Waals surface area (Å²) in [4.78, 5) is 25.3. The van der Waals surface area contributed by atoms with E-state index in [1.807, 2.05) is 42.5 Å². The van der Waals surface area contributed by atoms with Crippen LogP contribution in [-0.2, 0) is 4.79 Å². The Kier molecular flexibility index (Phi) is 8.80. The van der Waals surface area contributed by atoms with E-state index >= 15 is 0 Å². The first kappa shape index (κ1) is 23.8. The van der Waals surface area contributed by atoms with Crippen molar-refractivity contribution in [3.63, 3.8) is 0 Å². The van der Waals surface area contributed by atoms with E-state index in [1.165, 1.54) is 6.21 Å². The molecule has 7 heteroatoms. The number of nitrogens with one attached hydrogen (secondary N) is 2. The van der Waals surface area contributed by atoms with Crippen LogP contribution in [0.25, 0.3) is 0 Å². The van der Waals surface area contributed by atoms with Crippen molar-refractivity contribution in [2.75, 3.05) is 6.61 Å². The van der Waals surface area contributed by atoms with Crippen LogP contribution < -0.4 is 15.5 Å². The van der Waals surface area contributed by atoms with Gasteiger partial charge in [0.15, 0.2) is 0 Å². The average molecular weight is 504 g/mol. The third kappa shape index (κ3) is 7.34. The van der Waals surface area contributed by atoms with Crippen LogP contribution in [0.4, 0.5) is 0 Å². The third-order valence-electron chi connectivity index (χ3n) is 4.61. The Morgan fingerprint density at radius 1 is 1.06 bits per heavy atom. The Bertz CT molecular complexity index is 1160. The smallest absolute Gasteiger partial charge is 0.251 e. The number of hydrazone groups is 1. The summed E-state index contributed by atoms with van der Waals surface area (Å²) in [7, 11) is 0. The minimum absolute atomic E-state index is 0.0128. The molecule has 3 rings (SSSR count). The highest BCUT2D eigenvalue weighted by molar-refractivity contribution is 9.10. The molecule has 0 radical (unpaired) electrons. The van der Waals surface area contributed by atoms with E-state index < -0.39 is 6.04 Å². The molecule has 0 saturated carbocycles. The lowest BCUT2D eigenvalue weighted by Gasteiger charge is -2.18. The largest absolute Gasteiger partial charge is 0.480 e. The van der Waals surface area contributed by atoms with Crippen LogP contribution in [0.1, 0.15) is 33.9 Å². The van der Waals surface area contributed by atoms with E-state index in [9.17, 15) is 9.59 Å². The fraction of sp³-hybridized carbons (Fsp3) is 0.115. The van der Waals surface area contributed by atoms with Crippen molar-refractivity contribution < 1.29 is 14.3 Å². The fourth-order valence-corrected chi connectivity index (χ4v) is 3.42. The number of hydrogen-bond acceptors (Lipinski definition) is 4. The molecule has 33 heavy (non-hydrogen) atoms. The predicted molar refractivity (Wildman–Crippen MR) is 132 cm³/mol. The monoisotopic (exact) mass is 503 g/mol. The zero-order chi connectivity index (χ0) is 23.5. The summed E-state index contributed by atoms with van der Waals surface area (Å²) in [5, 5.41) is 6.98. The van der Waals surface area contributed by atoms with Gasteiger partial charge in [0, 0.05) is 15.6 Å². The molecule has 0 aliphatic rings. The van der Waals surface area contributed by atoms with Gasteiger partial charge in [0.25, 0.3) is 5.91 Å². The van der Waals surface area contributed by atoms with Crippen LogP contribution in [0.5, 0.6) is 5.75 Å². The molecule has 2 N–H and O–H groups in total. The predicted octanol–water partition coefficient (Wildman–Crippen LogP) is 4.47. The van der Waals surface area contributed by atoms with Gasteiger partial charge in [-0.25, -0.2) is 5.43 Å². The molecule has 3 aromatic carbocycles. The van der Waals surface area contributed by atoms with Gasteiger partial charge in [-0.05, 0) is 35.9 Å². The number of carbonyl (C=O) groups is 2. The number of hydrogen-bond donors (Lipinski definition) is 2. The van der Waals surface area contributed by atoms with Crippen LogP contribution >= 0.6 is 15.9 Å². The summed E-state index contributed by atoms with van der Waals surface area (Å²) in [6, 6.07) is 23.0. The van der Waals surface area contributed by atoms with Crippen LogP contribution in [0, 0.1) is 12.3 Å². The fourth-order valence-electron chi connectivity index (χ4n) is 3.04. The Balaban J connectivity index is 1.68. The maximum absolute atomic E-state index is 12.7. The van der Waals surface area contributed by atoms with Crippen molar-refractivity contribution in [2.45, 2.75) is 12.5 Å². The SMILES string of the molecule is C#CCOc1ccc(Br)cc1/C=N\NC(=O)C[C@H](NC(=O)c1ccccc1)c1ccccc1. The molecule has 0 aliphatic heterocycles. The molecular weight excluding hydrogens is 482 g/mol. The number of ether oxygens (including phenoxy) is 1. The van der Waals surface area contributed by atoms with E-state index in [-0.39, 0.29) is 24.8 Å². The lowest BCUT2D eigenvalue weighted by Crippen LogP contribution is -2.32. The Morgan fingerprint density at radius 3 is 2.45 bits per heavy atom. The second-order valence-corrected chi connectivity index (χ2v) is 7.89.